The van der Waals surface area contributed by atoms with Crippen LogP contribution in [-0.4, -0.2) is 32.5 Å². The van der Waals surface area contributed by atoms with Gasteiger partial charge in [0.05, 0.1) is 5.02 Å². The van der Waals surface area contributed by atoms with Crippen LogP contribution in [0.5, 0.6) is 0 Å². The molecule has 162 valence electrons. The molecule has 0 radical (unpaired) electrons. The number of hydrogen-bond acceptors (Lipinski definition) is 4. The SMILES string of the molecule is O=C(CCCSc1nnc(-c2ccccc2Cl)n1-c1ccccc1)NC1CCCCC1. The molecule has 31 heavy (non-hydrogen) atoms. The first-order valence-electron chi connectivity index (χ1n) is 10.9. The average molecular weight is 455 g/mol. The summed E-state index contributed by atoms with van der Waals surface area (Å²) in [6.45, 7) is 0. The first-order valence-corrected chi connectivity index (χ1v) is 12.3. The summed E-state index contributed by atoms with van der Waals surface area (Å²) in [5, 5.41) is 13.5. The summed E-state index contributed by atoms with van der Waals surface area (Å²) in [6.07, 6.45) is 7.32. The zero-order valence-corrected chi connectivity index (χ0v) is 19.0. The summed E-state index contributed by atoms with van der Waals surface area (Å²) in [4.78, 5) is 12.3. The Morgan fingerprint density at radius 3 is 2.55 bits per heavy atom. The number of hydrogen-bond donors (Lipinski definition) is 1. The minimum absolute atomic E-state index is 0.161. The summed E-state index contributed by atoms with van der Waals surface area (Å²) in [7, 11) is 0. The van der Waals surface area contributed by atoms with Gasteiger partial charge in [0.15, 0.2) is 11.0 Å². The van der Waals surface area contributed by atoms with E-state index in [1.807, 2.05) is 59.2 Å². The standard InChI is InChI=1S/C24H27ClN4OS/c25-21-15-8-7-14-20(21)23-27-28-24(29(23)19-12-5-2-6-13-19)31-17-9-16-22(30)26-18-10-3-1-4-11-18/h2,5-8,12-15,18H,1,3-4,9-11,16-17H2,(H,26,30). The summed E-state index contributed by atoms with van der Waals surface area (Å²) < 4.78 is 2.04. The third-order valence-electron chi connectivity index (χ3n) is 5.51. The van der Waals surface area contributed by atoms with Crippen LogP contribution < -0.4 is 5.32 Å². The molecule has 1 aromatic heterocycles. The smallest absolute Gasteiger partial charge is 0.220 e. The van der Waals surface area contributed by atoms with E-state index in [9.17, 15) is 4.79 Å². The van der Waals surface area contributed by atoms with Crippen molar-refractivity contribution in [2.45, 2.75) is 56.1 Å². The minimum atomic E-state index is 0.161. The highest BCUT2D eigenvalue weighted by atomic mass is 35.5. The number of carbonyl (C=O) groups excluding carboxylic acids is 1. The molecule has 1 fully saturated rings. The molecule has 2 aromatic carbocycles. The normalized spacial score (nSPS) is 14.5. The van der Waals surface area contributed by atoms with Crippen molar-refractivity contribution < 1.29 is 4.79 Å². The van der Waals surface area contributed by atoms with E-state index >= 15 is 0 Å². The molecule has 0 unspecified atom stereocenters. The van der Waals surface area contributed by atoms with Gasteiger partial charge in [-0.1, -0.05) is 73.0 Å². The van der Waals surface area contributed by atoms with Crippen LogP contribution in [0.25, 0.3) is 17.1 Å². The molecule has 0 spiro atoms. The summed E-state index contributed by atoms with van der Waals surface area (Å²) >= 11 is 8.05. The van der Waals surface area contributed by atoms with Crippen LogP contribution in [0.1, 0.15) is 44.9 Å². The quantitative estimate of drug-likeness (QED) is 0.339. The van der Waals surface area contributed by atoms with Gasteiger partial charge in [-0.2, -0.15) is 0 Å². The minimum Gasteiger partial charge on any atom is -0.353 e. The number of carbonyl (C=O) groups is 1. The van der Waals surface area contributed by atoms with Crippen LogP contribution in [0.4, 0.5) is 0 Å². The largest absolute Gasteiger partial charge is 0.353 e. The molecular formula is C24H27ClN4OS. The molecule has 7 heteroatoms. The Balaban J connectivity index is 1.42. The molecule has 0 aliphatic heterocycles. The van der Waals surface area contributed by atoms with E-state index in [0.717, 1.165) is 41.4 Å². The van der Waals surface area contributed by atoms with Crippen LogP contribution in [0, 0.1) is 0 Å². The average Bonchev–Trinajstić information content (AvgIpc) is 3.22. The fourth-order valence-electron chi connectivity index (χ4n) is 3.93. The molecule has 1 aliphatic carbocycles. The Morgan fingerprint density at radius 1 is 1.03 bits per heavy atom. The molecule has 1 amide bonds. The van der Waals surface area contributed by atoms with Crippen LogP contribution in [0.2, 0.25) is 5.02 Å². The Labute approximate surface area is 192 Å². The Hall–Kier alpha value is -2.31. The van der Waals surface area contributed by atoms with Gasteiger partial charge in [-0.25, -0.2) is 0 Å². The molecule has 0 saturated heterocycles. The van der Waals surface area contributed by atoms with Crippen LogP contribution in [-0.2, 0) is 4.79 Å². The van der Waals surface area contributed by atoms with Gasteiger partial charge >= 0.3 is 0 Å². The zero-order chi connectivity index (χ0) is 21.5. The van der Waals surface area contributed by atoms with Crippen LogP contribution in [0.3, 0.4) is 0 Å². The molecule has 5 nitrogen and oxygen atoms in total. The van der Waals surface area contributed by atoms with Crippen molar-refractivity contribution in [3.05, 3.63) is 59.6 Å². The molecule has 0 bridgehead atoms. The molecule has 1 saturated carbocycles. The number of rotatable bonds is 8. The second-order valence-electron chi connectivity index (χ2n) is 7.81. The van der Waals surface area contributed by atoms with E-state index in [0.29, 0.717) is 23.3 Å². The summed E-state index contributed by atoms with van der Waals surface area (Å²) in [5.41, 5.74) is 1.83. The van der Waals surface area contributed by atoms with Crippen LogP contribution >= 0.6 is 23.4 Å². The molecular weight excluding hydrogens is 428 g/mol. The number of thioether (sulfide) groups is 1. The van der Waals surface area contributed by atoms with Crippen molar-refractivity contribution in [2.24, 2.45) is 0 Å². The van der Waals surface area contributed by atoms with Gasteiger partial charge in [-0.15, -0.1) is 10.2 Å². The summed E-state index contributed by atoms with van der Waals surface area (Å²) in [5.74, 6) is 1.68. The highest BCUT2D eigenvalue weighted by Crippen LogP contribution is 2.32. The fourth-order valence-corrected chi connectivity index (χ4v) is 5.04. The maximum absolute atomic E-state index is 12.3. The van der Waals surface area contributed by atoms with E-state index in [4.69, 9.17) is 11.6 Å². The van der Waals surface area contributed by atoms with Gasteiger partial charge in [-0.05, 0) is 43.5 Å². The molecule has 3 aromatic rings. The fraction of sp³-hybridized carbons (Fsp3) is 0.375. The van der Waals surface area contributed by atoms with Gasteiger partial charge in [0, 0.05) is 29.5 Å². The Bertz CT molecular complexity index is 1000. The molecule has 1 aliphatic rings. The lowest BCUT2D eigenvalue weighted by atomic mass is 9.95. The third-order valence-corrected chi connectivity index (χ3v) is 6.86. The highest BCUT2D eigenvalue weighted by molar-refractivity contribution is 7.99. The van der Waals surface area contributed by atoms with E-state index < -0.39 is 0 Å². The first-order chi connectivity index (χ1) is 15.2. The van der Waals surface area contributed by atoms with Gasteiger partial charge in [0.2, 0.25) is 5.91 Å². The van der Waals surface area contributed by atoms with Crippen molar-refractivity contribution in [3.8, 4) is 17.1 Å². The predicted octanol–water partition coefficient (Wildman–Crippen LogP) is 5.91. The lowest BCUT2D eigenvalue weighted by Crippen LogP contribution is -2.36. The number of para-hydroxylation sites is 1. The lowest BCUT2D eigenvalue weighted by molar-refractivity contribution is -0.122. The highest BCUT2D eigenvalue weighted by Gasteiger charge is 2.18. The van der Waals surface area contributed by atoms with Crippen molar-refractivity contribution in [1.82, 2.24) is 20.1 Å². The molecule has 0 atom stereocenters. The lowest BCUT2D eigenvalue weighted by Gasteiger charge is -2.22. The third kappa shape index (κ3) is 5.69. The van der Waals surface area contributed by atoms with Crippen molar-refractivity contribution in [3.63, 3.8) is 0 Å². The Kier molecular flexibility index (Phi) is 7.65. The number of benzene rings is 2. The number of nitrogens with zero attached hydrogens (tertiary/aromatic N) is 3. The predicted molar refractivity (Wildman–Crippen MR) is 127 cm³/mol. The number of halogens is 1. The van der Waals surface area contributed by atoms with Gasteiger partial charge in [-0.3, -0.25) is 9.36 Å². The van der Waals surface area contributed by atoms with E-state index in [1.165, 1.54) is 19.3 Å². The number of aromatic nitrogens is 3. The second kappa shape index (κ2) is 10.8. The van der Waals surface area contributed by atoms with Crippen LogP contribution in [0.15, 0.2) is 59.8 Å². The monoisotopic (exact) mass is 454 g/mol. The van der Waals surface area contributed by atoms with Gasteiger partial charge < -0.3 is 5.32 Å². The van der Waals surface area contributed by atoms with E-state index in [-0.39, 0.29) is 5.91 Å². The van der Waals surface area contributed by atoms with E-state index in [2.05, 4.69) is 15.5 Å². The maximum atomic E-state index is 12.3. The van der Waals surface area contributed by atoms with E-state index in [1.54, 1.807) is 11.8 Å². The molecule has 1 heterocycles. The van der Waals surface area contributed by atoms with Gasteiger partial charge in [0.1, 0.15) is 0 Å². The first kappa shape index (κ1) is 21.9. The number of nitrogens with one attached hydrogen (secondary N) is 1. The Morgan fingerprint density at radius 2 is 1.77 bits per heavy atom. The maximum Gasteiger partial charge on any atom is 0.220 e. The topological polar surface area (TPSA) is 59.8 Å². The van der Waals surface area contributed by atoms with Gasteiger partial charge in [0.25, 0.3) is 0 Å². The molecule has 4 rings (SSSR count). The van der Waals surface area contributed by atoms with Crippen molar-refractivity contribution >= 4 is 29.3 Å². The van der Waals surface area contributed by atoms with Crippen molar-refractivity contribution in [2.75, 3.05) is 5.75 Å². The second-order valence-corrected chi connectivity index (χ2v) is 9.28. The summed E-state index contributed by atoms with van der Waals surface area (Å²) in [6, 6.07) is 18.1. The number of amides is 1. The molecule has 1 N–H and O–H groups in total. The van der Waals surface area contributed by atoms with Crippen molar-refractivity contribution in [1.29, 1.82) is 0 Å². The zero-order valence-electron chi connectivity index (χ0n) is 17.5.